The van der Waals surface area contributed by atoms with Gasteiger partial charge in [-0.05, 0) is 37.6 Å². The van der Waals surface area contributed by atoms with Gasteiger partial charge in [-0.25, -0.2) is 0 Å². The SMILES string of the molecule is Cc1cccc2c1ccn2CC(=O)N(C)CCCN. The van der Waals surface area contributed by atoms with Crippen LogP contribution in [0.5, 0.6) is 0 Å². The van der Waals surface area contributed by atoms with Crippen LogP contribution >= 0.6 is 0 Å². The summed E-state index contributed by atoms with van der Waals surface area (Å²) in [7, 11) is 1.83. The van der Waals surface area contributed by atoms with Gasteiger partial charge < -0.3 is 15.2 Å². The fraction of sp³-hybridized carbons (Fsp3) is 0.400. The summed E-state index contributed by atoms with van der Waals surface area (Å²) >= 11 is 0. The third-order valence-electron chi connectivity index (χ3n) is 3.46. The molecule has 0 aliphatic rings. The number of likely N-dealkylation sites (N-methyl/N-ethyl adjacent to an activating group) is 1. The van der Waals surface area contributed by atoms with Crippen molar-refractivity contribution in [3.8, 4) is 0 Å². The minimum Gasteiger partial charge on any atom is -0.344 e. The second-order valence-electron chi connectivity index (χ2n) is 4.91. The largest absolute Gasteiger partial charge is 0.344 e. The molecule has 4 heteroatoms. The third-order valence-corrected chi connectivity index (χ3v) is 3.46. The number of amides is 1. The van der Waals surface area contributed by atoms with Crippen molar-refractivity contribution >= 4 is 16.8 Å². The molecule has 0 radical (unpaired) electrons. The van der Waals surface area contributed by atoms with Gasteiger partial charge in [-0.1, -0.05) is 12.1 Å². The lowest BCUT2D eigenvalue weighted by molar-refractivity contribution is -0.130. The maximum Gasteiger partial charge on any atom is 0.242 e. The summed E-state index contributed by atoms with van der Waals surface area (Å²) in [5.74, 6) is 0.118. The quantitative estimate of drug-likeness (QED) is 0.889. The van der Waals surface area contributed by atoms with Crippen molar-refractivity contribution in [2.75, 3.05) is 20.1 Å². The molecule has 2 N–H and O–H groups in total. The molecule has 102 valence electrons. The van der Waals surface area contributed by atoms with E-state index in [1.807, 2.05) is 23.9 Å². The Morgan fingerprint density at radius 2 is 2.16 bits per heavy atom. The predicted octanol–water partition coefficient (Wildman–Crippen LogP) is 1.76. The predicted molar refractivity (Wildman–Crippen MR) is 78.0 cm³/mol. The second-order valence-corrected chi connectivity index (χ2v) is 4.91. The van der Waals surface area contributed by atoms with Gasteiger partial charge in [0.05, 0.1) is 0 Å². The van der Waals surface area contributed by atoms with Crippen molar-refractivity contribution in [1.29, 1.82) is 0 Å². The Labute approximate surface area is 113 Å². The van der Waals surface area contributed by atoms with E-state index in [2.05, 4.69) is 25.1 Å². The molecule has 19 heavy (non-hydrogen) atoms. The molecule has 0 saturated carbocycles. The van der Waals surface area contributed by atoms with Crippen molar-refractivity contribution in [2.45, 2.75) is 19.9 Å². The standard InChI is InChI=1S/C15H21N3O/c1-12-5-3-6-14-13(12)7-10-18(14)11-15(19)17(2)9-4-8-16/h3,5-7,10H,4,8-9,11,16H2,1-2H3. The van der Waals surface area contributed by atoms with Crippen LogP contribution in [0.3, 0.4) is 0 Å². The number of fused-ring (bicyclic) bond motifs is 1. The number of benzene rings is 1. The van der Waals surface area contributed by atoms with Crippen LogP contribution < -0.4 is 5.73 Å². The van der Waals surface area contributed by atoms with Crippen molar-refractivity contribution < 1.29 is 4.79 Å². The van der Waals surface area contributed by atoms with Gasteiger partial charge in [0, 0.05) is 30.7 Å². The molecule has 0 atom stereocenters. The monoisotopic (exact) mass is 259 g/mol. The van der Waals surface area contributed by atoms with Gasteiger partial charge in [0.15, 0.2) is 0 Å². The Balaban J connectivity index is 2.13. The summed E-state index contributed by atoms with van der Waals surface area (Å²) in [6.07, 6.45) is 2.82. The number of hydrogen-bond donors (Lipinski definition) is 1. The molecule has 4 nitrogen and oxygen atoms in total. The number of carbonyl (C=O) groups excluding carboxylic acids is 1. The summed E-state index contributed by atoms with van der Waals surface area (Å²) in [6.45, 7) is 3.80. The van der Waals surface area contributed by atoms with Crippen LogP contribution in [0.25, 0.3) is 10.9 Å². The van der Waals surface area contributed by atoms with E-state index in [1.165, 1.54) is 10.9 Å². The minimum atomic E-state index is 0.118. The van der Waals surface area contributed by atoms with Crippen LogP contribution in [0.2, 0.25) is 0 Å². The van der Waals surface area contributed by atoms with E-state index in [9.17, 15) is 4.79 Å². The zero-order chi connectivity index (χ0) is 13.8. The van der Waals surface area contributed by atoms with Crippen LogP contribution in [-0.4, -0.2) is 35.5 Å². The van der Waals surface area contributed by atoms with Crippen LogP contribution in [0.1, 0.15) is 12.0 Å². The number of nitrogens with two attached hydrogens (primary N) is 1. The highest BCUT2D eigenvalue weighted by atomic mass is 16.2. The zero-order valence-corrected chi connectivity index (χ0v) is 11.6. The van der Waals surface area contributed by atoms with Gasteiger partial charge >= 0.3 is 0 Å². The number of aryl methyl sites for hydroxylation is 1. The Morgan fingerprint density at radius 3 is 2.89 bits per heavy atom. The molecule has 0 unspecified atom stereocenters. The number of rotatable bonds is 5. The van der Waals surface area contributed by atoms with E-state index in [0.717, 1.165) is 11.9 Å². The highest BCUT2D eigenvalue weighted by Crippen LogP contribution is 2.19. The summed E-state index contributed by atoms with van der Waals surface area (Å²) in [4.78, 5) is 13.9. The molecule has 1 amide bonds. The number of carbonyl (C=O) groups is 1. The van der Waals surface area contributed by atoms with Crippen molar-refractivity contribution in [1.82, 2.24) is 9.47 Å². The summed E-state index contributed by atoms with van der Waals surface area (Å²) in [5.41, 5.74) is 7.81. The molecular formula is C15H21N3O. The van der Waals surface area contributed by atoms with Crippen LogP contribution in [0.15, 0.2) is 30.5 Å². The van der Waals surface area contributed by atoms with E-state index in [0.29, 0.717) is 19.6 Å². The maximum atomic E-state index is 12.1. The normalized spacial score (nSPS) is 10.9. The number of aromatic nitrogens is 1. The van der Waals surface area contributed by atoms with Crippen molar-refractivity contribution in [3.05, 3.63) is 36.0 Å². The summed E-state index contributed by atoms with van der Waals surface area (Å²) in [5, 5.41) is 1.21. The average molecular weight is 259 g/mol. The molecule has 1 aromatic carbocycles. The van der Waals surface area contributed by atoms with E-state index >= 15 is 0 Å². The highest BCUT2D eigenvalue weighted by Gasteiger charge is 2.11. The Kier molecular flexibility index (Phi) is 4.22. The second kappa shape index (κ2) is 5.89. The van der Waals surface area contributed by atoms with E-state index in [-0.39, 0.29) is 5.91 Å². The first-order valence-corrected chi connectivity index (χ1v) is 6.62. The highest BCUT2D eigenvalue weighted by molar-refractivity contribution is 5.85. The lowest BCUT2D eigenvalue weighted by Crippen LogP contribution is -2.31. The third kappa shape index (κ3) is 2.96. The lowest BCUT2D eigenvalue weighted by atomic mass is 10.1. The Bertz CT molecular complexity index is 574. The average Bonchev–Trinajstić information content (AvgIpc) is 2.80. The molecule has 0 spiro atoms. The molecule has 0 aliphatic heterocycles. The Hall–Kier alpha value is -1.81. The Morgan fingerprint density at radius 1 is 1.37 bits per heavy atom. The van der Waals surface area contributed by atoms with E-state index in [1.54, 1.807) is 4.90 Å². The van der Waals surface area contributed by atoms with Crippen molar-refractivity contribution in [3.63, 3.8) is 0 Å². The van der Waals surface area contributed by atoms with Gasteiger partial charge in [0.2, 0.25) is 5.91 Å². The van der Waals surface area contributed by atoms with Crippen LogP contribution in [0, 0.1) is 6.92 Å². The molecule has 0 bridgehead atoms. The summed E-state index contributed by atoms with van der Waals surface area (Å²) < 4.78 is 2.00. The molecular weight excluding hydrogens is 238 g/mol. The van der Waals surface area contributed by atoms with Gasteiger partial charge in [-0.2, -0.15) is 0 Å². The van der Waals surface area contributed by atoms with Gasteiger partial charge in [0.25, 0.3) is 0 Å². The molecule has 0 saturated heterocycles. The maximum absolute atomic E-state index is 12.1. The topological polar surface area (TPSA) is 51.3 Å². The fourth-order valence-corrected chi connectivity index (χ4v) is 2.23. The molecule has 0 aliphatic carbocycles. The fourth-order valence-electron chi connectivity index (χ4n) is 2.23. The number of hydrogen-bond acceptors (Lipinski definition) is 2. The minimum absolute atomic E-state index is 0.118. The van der Waals surface area contributed by atoms with Crippen molar-refractivity contribution in [2.24, 2.45) is 5.73 Å². The molecule has 1 heterocycles. The van der Waals surface area contributed by atoms with Crippen LogP contribution in [-0.2, 0) is 11.3 Å². The summed E-state index contributed by atoms with van der Waals surface area (Å²) in [6, 6.07) is 8.23. The molecule has 1 aromatic heterocycles. The first-order valence-electron chi connectivity index (χ1n) is 6.62. The molecule has 2 rings (SSSR count). The van der Waals surface area contributed by atoms with E-state index < -0.39 is 0 Å². The zero-order valence-electron chi connectivity index (χ0n) is 11.6. The molecule has 2 aromatic rings. The van der Waals surface area contributed by atoms with Gasteiger partial charge in [-0.15, -0.1) is 0 Å². The van der Waals surface area contributed by atoms with Gasteiger partial charge in [-0.3, -0.25) is 4.79 Å². The number of nitrogens with zero attached hydrogens (tertiary/aromatic N) is 2. The first kappa shape index (κ1) is 13.6. The first-order chi connectivity index (χ1) is 9.13. The smallest absolute Gasteiger partial charge is 0.242 e. The van der Waals surface area contributed by atoms with Crippen LogP contribution in [0.4, 0.5) is 0 Å². The van der Waals surface area contributed by atoms with E-state index in [4.69, 9.17) is 5.73 Å². The lowest BCUT2D eigenvalue weighted by Gasteiger charge is -2.17. The molecule has 0 fully saturated rings. The van der Waals surface area contributed by atoms with Gasteiger partial charge in [0.1, 0.15) is 6.54 Å².